The van der Waals surface area contributed by atoms with E-state index < -0.39 is 45.9 Å². The third-order valence-electron chi connectivity index (χ3n) is 30.7. The summed E-state index contributed by atoms with van der Waals surface area (Å²) in [6.07, 6.45) is 35.6. The molecule has 0 bridgehead atoms. The van der Waals surface area contributed by atoms with Crippen molar-refractivity contribution in [3.63, 3.8) is 0 Å². The molecule has 3 aromatic heterocycles. The standard InChI is InChI=1S/2C25H37NO5S.C24H35NO3.CH3ClO2S/c2*1-23-11-8-18(26-32(3,29)30)14-17(23)5-6-21-20(23)9-12-24(2)19(10-13-25(21,24)28)16-4-7-22(27)31-15-16;1-22-10-7-17(25)13-16(22)4-5-20-19(22)8-11-23(2)18(9-12-24(20,23)27)15-3-6-21(26)28-14-15;1-5(2,3)4/h2*4,7,15,17-21,26,28H,5-6,8-14H2,1-3H3;3,6,14,16-20,27H,4-5,7-13,25H2,1-2H3;1H3/t2*17-,18+,19-,20+,21-,23+,24-,25+;16-,17+,18-,19+,20-,22+,23-,24+;/m111./s1. The monoisotopic (exact) mass is 1430 g/mol. The molecule has 7 N–H and O–H groups in total. The van der Waals surface area contributed by atoms with Crippen molar-refractivity contribution >= 4 is 39.8 Å². The number of hydrogen-bond acceptors (Lipinski definition) is 16. The second-order valence-corrected chi connectivity index (χ2v) is 41.6. The molecule has 0 unspecified atom stereocenters. The van der Waals surface area contributed by atoms with Gasteiger partial charge in [0.25, 0.3) is 0 Å². The van der Waals surface area contributed by atoms with Gasteiger partial charge in [-0.05, 0) is 296 Å². The van der Waals surface area contributed by atoms with Crippen LogP contribution in [0.15, 0.2) is 82.8 Å². The number of halogens is 1. The predicted octanol–water partition coefficient (Wildman–Crippen LogP) is 12.0. The van der Waals surface area contributed by atoms with Crippen molar-refractivity contribution in [2.45, 2.75) is 268 Å². The highest BCUT2D eigenvalue weighted by Gasteiger charge is 2.71. The van der Waals surface area contributed by atoms with E-state index in [1.165, 1.54) is 56.4 Å². The Morgan fingerprint density at radius 3 is 0.969 bits per heavy atom. The smallest absolute Gasteiger partial charge is 0.335 e. The number of aliphatic hydroxyl groups is 3. The number of sulfonamides is 2. The summed E-state index contributed by atoms with van der Waals surface area (Å²) in [5, 5.41) is 36.7. The molecule has 0 radical (unpaired) electrons. The third kappa shape index (κ3) is 13.2. The molecule has 24 atom stereocenters. The predicted molar refractivity (Wildman–Crippen MR) is 375 cm³/mol. The van der Waals surface area contributed by atoms with Gasteiger partial charge >= 0.3 is 16.9 Å². The molecule has 0 amide bonds. The molecule has 542 valence electrons. The van der Waals surface area contributed by atoms with E-state index in [4.69, 9.17) is 19.0 Å². The van der Waals surface area contributed by atoms with Crippen LogP contribution in [0.4, 0.5) is 0 Å². The molecule has 0 aromatic carbocycles. The van der Waals surface area contributed by atoms with Crippen molar-refractivity contribution in [3.8, 4) is 0 Å². The first-order chi connectivity index (χ1) is 45.2. The van der Waals surface area contributed by atoms with Crippen LogP contribution in [0.2, 0.25) is 0 Å². The Bertz CT molecular complexity index is 3710. The third-order valence-corrected chi connectivity index (χ3v) is 32.3. The molecule has 12 aliphatic carbocycles. The Hall–Kier alpha value is -3.25. The average molecular weight is 1430 g/mol. The Labute approximate surface area is 580 Å². The van der Waals surface area contributed by atoms with Gasteiger partial charge in [0.2, 0.25) is 29.1 Å². The molecule has 12 aliphatic rings. The second kappa shape index (κ2) is 26.2. The summed E-state index contributed by atoms with van der Waals surface area (Å²) in [6.45, 7) is 14.1. The molecule has 3 aromatic rings. The maximum Gasteiger partial charge on any atom is 0.335 e. The highest BCUT2D eigenvalue weighted by atomic mass is 35.7. The average Bonchev–Trinajstić information content (AvgIpc) is 1.66. The minimum atomic E-state index is -3.19. The quantitative estimate of drug-likeness (QED) is 0.120. The van der Waals surface area contributed by atoms with Crippen LogP contribution in [-0.2, 0) is 29.1 Å². The topological polar surface area (TPSA) is 304 Å². The molecule has 12 saturated carbocycles. The van der Waals surface area contributed by atoms with E-state index in [-0.39, 0.29) is 85.6 Å². The van der Waals surface area contributed by atoms with Gasteiger partial charge < -0.3 is 34.3 Å². The van der Waals surface area contributed by atoms with Gasteiger partial charge in [-0.25, -0.2) is 49.1 Å². The molecule has 0 saturated heterocycles. The van der Waals surface area contributed by atoms with Crippen molar-refractivity contribution in [2.75, 3.05) is 18.8 Å². The normalized spacial score (nSPS) is 45.6. The van der Waals surface area contributed by atoms with Gasteiger partial charge in [0.15, 0.2) is 0 Å². The molecule has 18 nitrogen and oxygen atoms in total. The summed E-state index contributed by atoms with van der Waals surface area (Å²) < 4.78 is 87.1. The van der Waals surface area contributed by atoms with Crippen LogP contribution in [0.3, 0.4) is 0 Å². The fraction of sp³-hybridized carbons (Fsp3) is 0.800. The Kier molecular flexibility index (Phi) is 19.8. The summed E-state index contributed by atoms with van der Waals surface area (Å²) in [6, 6.07) is 10.7. The minimum Gasteiger partial charge on any atom is -0.431 e. The van der Waals surface area contributed by atoms with Crippen LogP contribution in [-0.4, -0.2) is 94.3 Å². The minimum absolute atomic E-state index is 0.0418. The van der Waals surface area contributed by atoms with E-state index >= 15 is 0 Å². The van der Waals surface area contributed by atoms with Crippen LogP contribution in [0, 0.1) is 85.8 Å². The summed E-state index contributed by atoms with van der Waals surface area (Å²) in [5.74, 6) is 4.94. The van der Waals surface area contributed by atoms with Crippen LogP contribution in [0.5, 0.6) is 0 Å². The Balaban J connectivity index is 0.000000134. The lowest BCUT2D eigenvalue weighted by atomic mass is 9.43. The molecule has 22 heteroatoms. The lowest BCUT2D eigenvalue weighted by Gasteiger charge is -2.63. The SMILES string of the molecule is CS(=O)(=O)Cl.C[C@]12CC[C@H](N)C[C@H]1CC[C@@H]1[C@@H]2CC[C@]2(C)[C@@H](c3ccc(=O)oc3)CC[C@]12O.C[C@]12CC[C@H](NS(C)(=O)=O)C[C@H]1CC[C@@H]1[C@@H]2CC[C@]2(C)[C@@H](c3ccc(=O)oc3)CC[C@]12O.C[C@]12CC[C@H](NS(C)(=O)=O)C[C@H]1CC[C@@H]1[C@@H]2CC[C@]2(C)[C@@H](c3ccc(=O)oc3)CC[C@]12O. The number of fused-ring (bicyclic) bond motifs is 15. The van der Waals surface area contributed by atoms with Gasteiger partial charge in [0.05, 0.1) is 54.4 Å². The Morgan fingerprint density at radius 1 is 0.402 bits per heavy atom. The first-order valence-electron chi connectivity index (χ1n) is 36.7. The van der Waals surface area contributed by atoms with E-state index in [9.17, 15) is 55.0 Å². The van der Waals surface area contributed by atoms with Gasteiger partial charge in [-0.1, -0.05) is 41.5 Å². The molecule has 12 fully saturated rings. The van der Waals surface area contributed by atoms with E-state index in [2.05, 4.69) is 61.7 Å². The van der Waals surface area contributed by atoms with Gasteiger partial charge in [-0.15, -0.1) is 0 Å². The van der Waals surface area contributed by atoms with Crippen molar-refractivity contribution < 1.29 is 53.8 Å². The second-order valence-electron chi connectivity index (χ2n) is 35.0. The van der Waals surface area contributed by atoms with Crippen LogP contribution >= 0.6 is 10.7 Å². The summed E-state index contributed by atoms with van der Waals surface area (Å²) >= 11 is 0. The number of nitrogens with one attached hydrogen (secondary N) is 2. The maximum absolute atomic E-state index is 12.3. The van der Waals surface area contributed by atoms with Crippen molar-refractivity contribution in [2.24, 2.45) is 91.5 Å². The summed E-state index contributed by atoms with van der Waals surface area (Å²) in [4.78, 5) is 34.3. The maximum atomic E-state index is 12.3. The fourth-order valence-electron chi connectivity index (χ4n) is 25.8. The number of rotatable bonds is 7. The lowest BCUT2D eigenvalue weighted by molar-refractivity contribution is -0.201. The lowest BCUT2D eigenvalue weighted by Crippen LogP contribution is -2.62. The van der Waals surface area contributed by atoms with E-state index in [0.29, 0.717) is 47.0 Å². The zero-order valence-electron chi connectivity index (χ0n) is 58.9. The van der Waals surface area contributed by atoms with E-state index in [1.54, 1.807) is 18.8 Å². The molecular formula is C75H112ClN3O15S3. The van der Waals surface area contributed by atoms with E-state index in [0.717, 1.165) is 177 Å². The molecule has 97 heavy (non-hydrogen) atoms. The van der Waals surface area contributed by atoms with Crippen LogP contribution < -0.4 is 32.1 Å². The van der Waals surface area contributed by atoms with Crippen molar-refractivity contribution in [1.82, 2.24) is 9.44 Å². The van der Waals surface area contributed by atoms with Crippen molar-refractivity contribution in [3.05, 3.63) is 103 Å². The molecule has 0 aliphatic heterocycles. The molecule has 0 spiro atoms. The zero-order valence-corrected chi connectivity index (χ0v) is 62.1. The summed E-state index contributed by atoms with van der Waals surface area (Å²) in [7, 11) is -5.07. The molecule has 15 rings (SSSR count). The van der Waals surface area contributed by atoms with Gasteiger partial charge in [-0.3, -0.25) is 0 Å². The van der Waals surface area contributed by atoms with Crippen molar-refractivity contribution in [1.29, 1.82) is 0 Å². The van der Waals surface area contributed by atoms with Gasteiger partial charge in [0.1, 0.15) is 0 Å². The largest absolute Gasteiger partial charge is 0.431 e. The molecule has 3 heterocycles. The molecular weight excluding hydrogens is 1310 g/mol. The first-order valence-corrected chi connectivity index (χ1v) is 43.2. The number of hydrogen-bond donors (Lipinski definition) is 6. The van der Waals surface area contributed by atoms with Gasteiger partial charge in [-0.2, -0.15) is 0 Å². The highest BCUT2D eigenvalue weighted by molar-refractivity contribution is 8.13. The van der Waals surface area contributed by atoms with Gasteiger partial charge in [0, 0.05) is 63.3 Å². The number of nitrogens with two attached hydrogens (primary N) is 1. The first kappa shape index (κ1) is 73.5. The van der Waals surface area contributed by atoms with E-state index in [1.807, 2.05) is 18.2 Å². The van der Waals surface area contributed by atoms with Crippen LogP contribution in [0.25, 0.3) is 0 Å². The zero-order chi connectivity index (χ0) is 70.1. The fourth-order valence-corrected chi connectivity index (χ4v) is 27.5. The highest BCUT2D eigenvalue weighted by Crippen LogP contribution is 2.74. The summed E-state index contributed by atoms with van der Waals surface area (Å²) in [5.41, 5.74) is 6.59. The Morgan fingerprint density at radius 2 is 0.691 bits per heavy atom. The van der Waals surface area contributed by atoms with Crippen LogP contribution in [0.1, 0.15) is 249 Å².